The second-order valence-electron chi connectivity index (χ2n) is 7.77. The normalized spacial score (nSPS) is 34.9. The van der Waals surface area contributed by atoms with E-state index in [0.29, 0.717) is 24.2 Å². The van der Waals surface area contributed by atoms with Crippen molar-refractivity contribution >= 4 is 11.8 Å². The molecule has 0 aromatic heterocycles. The largest absolute Gasteiger partial charge is 0.296 e. The van der Waals surface area contributed by atoms with E-state index in [1.807, 2.05) is 0 Å². The number of hydrogen-bond acceptors (Lipinski definition) is 2. The zero-order valence-electron chi connectivity index (χ0n) is 13.4. The monoisotopic (exact) mass is 279 g/mol. The Labute approximate surface area is 122 Å². The molecule has 0 aromatic carbocycles. The Morgan fingerprint density at radius 3 is 2.55 bits per heavy atom. The molecule has 3 heteroatoms. The summed E-state index contributed by atoms with van der Waals surface area (Å²) in [5.74, 6) is 1.61. The van der Waals surface area contributed by atoms with Gasteiger partial charge in [0.15, 0.2) is 0 Å². The van der Waals surface area contributed by atoms with Crippen molar-refractivity contribution in [2.45, 2.75) is 66.2 Å². The first kappa shape index (κ1) is 15.5. The average Bonchev–Trinajstić information content (AvgIpc) is 2.25. The Kier molecular flexibility index (Phi) is 4.55. The fourth-order valence-electron chi connectivity index (χ4n) is 4.81. The minimum Gasteiger partial charge on any atom is -0.296 e. The van der Waals surface area contributed by atoms with Crippen LogP contribution in [0.4, 0.5) is 0 Å². The van der Waals surface area contributed by atoms with Crippen molar-refractivity contribution in [1.82, 2.24) is 5.32 Å². The topological polar surface area (TPSA) is 46.2 Å². The Morgan fingerprint density at radius 1 is 1.25 bits per heavy atom. The molecule has 0 bridgehead atoms. The van der Waals surface area contributed by atoms with Gasteiger partial charge in [0, 0.05) is 12.3 Å². The van der Waals surface area contributed by atoms with Crippen LogP contribution in [0, 0.1) is 29.1 Å². The molecule has 20 heavy (non-hydrogen) atoms. The number of nitrogens with one attached hydrogen (secondary N) is 1. The van der Waals surface area contributed by atoms with E-state index in [1.165, 1.54) is 19.3 Å². The number of carbonyl (C=O) groups excluding carboxylic acids is 2. The van der Waals surface area contributed by atoms with E-state index >= 15 is 0 Å². The van der Waals surface area contributed by atoms with Crippen LogP contribution in [0.5, 0.6) is 0 Å². The molecular weight excluding hydrogens is 250 g/mol. The summed E-state index contributed by atoms with van der Waals surface area (Å²) in [5.41, 5.74) is -0.0641. The van der Waals surface area contributed by atoms with Crippen LogP contribution in [-0.4, -0.2) is 11.8 Å². The third-order valence-electron chi connectivity index (χ3n) is 5.17. The molecule has 2 amide bonds. The van der Waals surface area contributed by atoms with Gasteiger partial charge in [-0.1, -0.05) is 40.5 Å². The van der Waals surface area contributed by atoms with Crippen LogP contribution in [0.15, 0.2) is 0 Å². The molecule has 1 heterocycles. The molecule has 1 aliphatic carbocycles. The second-order valence-corrected chi connectivity index (χ2v) is 7.77. The smallest absolute Gasteiger partial charge is 0.230 e. The van der Waals surface area contributed by atoms with Gasteiger partial charge >= 0.3 is 0 Å². The molecule has 1 saturated heterocycles. The first-order valence-corrected chi connectivity index (χ1v) is 8.18. The minimum atomic E-state index is -0.0641. The number of piperidine rings is 1. The maximum absolute atomic E-state index is 12.3. The number of amides is 2. The fourth-order valence-corrected chi connectivity index (χ4v) is 4.81. The Morgan fingerprint density at radius 2 is 1.95 bits per heavy atom. The number of rotatable bonds is 3. The second kappa shape index (κ2) is 5.87. The minimum absolute atomic E-state index is 0.00941. The SMILES string of the molecule is CC(C)CC1CCCC2(CC(=O)NC(=O)C2C(C)C)C1. The van der Waals surface area contributed by atoms with Crippen LogP contribution in [0.2, 0.25) is 0 Å². The van der Waals surface area contributed by atoms with Crippen molar-refractivity contribution in [2.75, 3.05) is 0 Å². The highest BCUT2D eigenvalue weighted by atomic mass is 16.2. The maximum Gasteiger partial charge on any atom is 0.230 e. The molecule has 1 aliphatic heterocycles. The molecule has 3 unspecified atom stereocenters. The van der Waals surface area contributed by atoms with Gasteiger partial charge in [-0.15, -0.1) is 0 Å². The van der Waals surface area contributed by atoms with E-state index in [-0.39, 0.29) is 23.1 Å². The fraction of sp³-hybridized carbons (Fsp3) is 0.882. The zero-order valence-corrected chi connectivity index (χ0v) is 13.4. The van der Waals surface area contributed by atoms with Gasteiger partial charge in [-0.3, -0.25) is 14.9 Å². The number of carbonyl (C=O) groups is 2. The molecule has 1 spiro atoms. The predicted octanol–water partition coefficient (Wildman–Crippen LogP) is 3.53. The van der Waals surface area contributed by atoms with Crippen molar-refractivity contribution in [3.8, 4) is 0 Å². The lowest BCUT2D eigenvalue weighted by Crippen LogP contribution is -2.55. The predicted molar refractivity (Wildman–Crippen MR) is 79.9 cm³/mol. The highest BCUT2D eigenvalue weighted by Crippen LogP contribution is 2.52. The van der Waals surface area contributed by atoms with Crippen molar-refractivity contribution < 1.29 is 9.59 Å². The molecule has 3 atom stereocenters. The molecule has 2 rings (SSSR count). The quantitative estimate of drug-likeness (QED) is 0.803. The summed E-state index contributed by atoms with van der Waals surface area (Å²) < 4.78 is 0. The summed E-state index contributed by atoms with van der Waals surface area (Å²) >= 11 is 0. The standard InChI is InChI=1S/C17H29NO2/c1-11(2)8-13-6-5-7-17(9-13)10-14(19)18-16(20)15(17)12(3)4/h11-13,15H,5-10H2,1-4H3,(H,18,19,20). The molecular formula is C17H29NO2. The van der Waals surface area contributed by atoms with E-state index in [0.717, 1.165) is 12.8 Å². The lowest BCUT2D eigenvalue weighted by atomic mass is 9.56. The van der Waals surface area contributed by atoms with E-state index in [9.17, 15) is 9.59 Å². The molecule has 2 fully saturated rings. The first-order valence-electron chi connectivity index (χ1n) is 8.18. The van der Waals surface area contributed by atoms with E-state index < -0.39 is 0 Å². The molecule has 3 nitrogen and oxygen atoms in total. The molecule has 0 radical (unpaired) electrons. The van der Waals surface area contributed by atoms with E-state index in [1.54, 1.807) is 0 Å². The summed E-state index contributed by atoms with van der Waals surface area (Å²) in [5, 5.41) is 2.56. The summed E-state index contributed by atoms with van der Waals surface area (Å²) in [6.07, 6.45) is 6.32. The highest BCUT2D eigenvalue weighted by Gasteiger charge is 2.51. The van der Waals surface area contributed by atoms with Crippen molar-refractivity contribution in [2.24, 2.45) is 29.1 Å². The summed E-state index contributed by atoms with van der Waals surface area (Å²) in [4.78, 5) is 24.2. The molecule has 114 valence electrons. The van der Waals surface area contributed by atoms with Gasteiger partial charge in [0.05, 0.1) is 0 Å². The maximum atomic E-state index is 12.3. The summed E-state index contributed by atoms with van der Waals surface area (Å²) in [6.45, 7) is 8.77. The Bertz CT molecular complexity index is 388. The van der Waals surface area contributed by atoms with Gasteiger partial charge in [-0.05, 0) is 42.4 Å². The van der Waals surface area contributed by atoms with Crippen molar-refractivity contribution in [1.29, 1.82) is 0 Å². The van der Waals surface area contributed by atoms with Crippen LogP contribution in [-0.2, 0) is 9.59 Å². The van der Waals surface area contributed by atoms with Gasteiger partial charge < -0.3 is 0 Å². The summed E-state index contributed by atoms with van der Waals surface area (Å²) in [6, 6.07) is 0. The van der Waals surface area contributed by atoms with Gasteiger partial charge in [0.2, 0.25) is 11.8 Å². The molecule has 1 N–H and O–H groups in total. The Hall–Kier alpha value is -0.860. The van der Waals surface area contributed by atoms with E-state index in [4.69, 9.17) is 0 Å². The zero-order chi connectivity index (χ0) is 14.9. The number of hydrogen-bond donors (Lipinski definition) is 1. The number of imide groups is 1. The van der Waals surface area contributed by atoms with Gasteiger partial charge in [-0.25, -0.2) is 0 Å². The van der Waals surface area contributed by atoms with Crippen molar-refractivity contribution in [3.05, 3.63) is 0 Å². The average molecular weight is 279 g/mol. The van der Waals surface area contributed by atoms with Crippen LogP contribution < -0.4 is 5.32 Å². The third-order valence-corrected chi connectivity index (χ3v) is 5.17. The van der Waals surface area contributed by atoms with Crippen molar-refractivity contribution in [3.63, 3.8) is 0 Å². The van der Waals surface area contributed by atoms with Crippen LogP contribution in [0.3, 0.4) is 0 Å². The van der Waals surface area contributed by atoms with Gasteiger partial charge in [0.25, 0.3) is 0 Å². The van der Waals surface area contributed by atoms with Crippen LogP contribution in [0.25, 0.3) is 0 Å². The molecule has 2 aliphatic rings. The summed E-state index contributed by atoms with van der Waals surface area (Å²) in [7, 11) is 0. The van der Waals surface area contributed by atoms with Crippen LogP contribution >= 0.6 is 0 Å². The van der Waals surface area contributed by atoms with Crippen LogP contribution in [0.1, 0.15) is 66.2 Å². The molecule has 1 saturated carbocycles. The Balaban J connectivity index is 2.23. The van der Waals surface area contributed by atoms with Gasteiger partial charge in [0.1, 0.15) is 0 Å². The lowest BCUT2D eigenvalue weighted by molar-refractivity contribution is -0.149. The molecule has 0 aromatic rings. The van der Waals surface area contributed by atoms with E-state index in [2.05, 4.69) is 33.0 Å². The van der Waals surface area contributed by atoms with Gasteiger partial charge in [-0.2, -0.15) is 0 Å². The first-order chi connectivity index (χ1) is 9.34. The highest BCUT2D eigenvalue weighted by molar-refractivity contribution is 5.99. The lowest BCUT2D eigenvalue weighted by Gasteiger charge is -2.49. The third kappa shape index (κ3) is 3.07.